The lowest BCUT2D eigenvalue weighted by Crippen LogP contribution is -2.57. The second kappa shape index (κ2) is 12.6. The third-order valence-corrected chi connectivity index (χ3v) is 10.3. The molecule has 2 amide bonds. The van der Waals surface area contributed by atoms with E-state index in [0.29, 0.717) is 49.2 Å². The van der Waals surface area contributed by atoms with Crippen LogP contribution in [0.15, 0.2) is 69.4 Å². The molecule has 3 aliphatic heterocycles. The van der Waals surface area contributed by atoms with E-state index in [0.717, 1.165) is 24.4 Å². The molecular weight excluding hydrogens is 606 g/mol. The van der Waals surface area contributed by atoms with Gasteiger partial charge in [-0.05, 0) is 61.5 Å². The summed E-state index contributed by atoms with van der Waals surface area (Å²) in [5.41, 5.74) is 11.6. The Morgan fingerprint density at radius 3 is 2.56 bits per heavy atom. The highest BCUT2D eigenvalue weighted by Gasteiger charge is 2.40. The highest BCUT2D eigenvalue weighted by molar-refractivity contribution is 8.00. The minimum Gasteiger partial charge on any atom is -0.382 e. The van der Waals surface area contributed by atoms with E-state index in [-0.39, 0.29) is 33.9 Å². The number of nitrogen functional groups attached to an aromatic ring is 2. The molecule has 0 saturated carbocycles. The van der Waals surface area contributed by atoms with Gasteiger partial charge in [0.25, 0.3) is 11.8 Å². The number of hydrogen-bond acceptors (Lipinski definition) is 11. The molecular formula is C29H32ClN9O2S2. The van der Waals surface area contributed by atoms with Crippen LogP contribution in [0.4, 0.5) is 11.6 Å². The van der Waals surface area contributed by atoms with Gasteiger partial charge in [-0.3, -0.25) is 19.9 Å². The number of aromatic nitrogens is 2. The van der Waals surface area contributed by atoms with E-state index in [1.807, 2.05) is 40.9 Å². The van der Waals surface area contributed by atoms with Crippen molar-refractivity contribution in [3.8, 4) is 0 Å². The van der Waals surface area contributed by atoms with Crippen LogP contribution in [-0.2, 0) is 0 Å². The van der Waals surface area contributed by atoms with Crippen molar-refractivity contribution >= 4 is 64.7 Å². The molecule has 6 N–H and O–H groups in total. The second-order valence-electron chi connectivity index (χ2n) is 10.8. The average molecular weight is 638 g/mol. The molecule has 2 fully saturated rings. The highest BCUT2D eigenvalue weighted by Crippen LogP contribution is 2.35. The number of hydrogen-bond donors (Lipinski definition) is 4. The summed E-state index contributed by atoms with van der Waals surface area (Å²) >= 11 is 9.57. The number of benzene rings is 2. The molecule has 0 aliphatic carbocycles. The summed E-state index contributed by atoms with van der Waals surface area (Å²) < 4.78 is 2.39. The fourth-order valence-corrected chi connectivity index (χ4v) is 7.88. The van der Waals surface area contributed by atoms with Crippen LogP contribution in [0.3, 0.4) is 0 Å². The summed E-state index contributed by atoms with van der Waals surface area (Å²) in [5, 5.41) is 6.50. The zero-order chi connectivity index (χ0) is 30.0. The highest BCUT2D eigenvalue weighted by atomic mass is 35.5. The number of aliphatic imine (C=N–C) groups is 1. The number of halogens is 1. The van der Waals surface area contributed by atoms with Crippen molar-refractivity contribution in [1.29, 1.82) is 0 Å². The molecule has 1 spiro atoms. The van der Waals surface area contributed by atoms with Gasteiger partial charge in [-0.15, -0.1) is 11.8 Å². The van der Waals surface area contributed by atoms with Crippen LogP contribution in [0, 0.1) is 0 Å². The van der Waals surface area contributed by atoms with Gasteiger partial charge in [0.1, 0.15) is 0 Å². The van der Waals surface area contributed by atoms with Gasteiger partial charge in [0.05, 0.1) is 12.1 Å². The lowest BCUT2D eigenvalue weighted by atomic mass is 9.88. The predicted octanol–water partition coefficient (Wildman–Crippen LogP) is 3.53. The standard InChI is InChI=1S/C29H32ClN9O2S2/c30-23-25(32)35-24(31)22(34-23)26(40)36-28-33-17-29(37-28)10-13-38(14-11-29)27(41)18-5-4-8-20(15-18)43-39-12-9-21(16-39)42-19-6-2-1-3-7-19/h1-8,15,21H,9-14,16-17H2,(H4,31,32,35)(H2,33,36,37,40). The predicted molar refractivity (Wildman–Crippen MR) is 171 cm³/mol. The normalized spacial score (nSPS) is 19.7. The maximum absolute atomic E-state index is 13.4. The molecule has 43 heavy (non-hydrogen) atoms. The molecule has 2 aromatic carbocycles. The summed E-state index contributed by atoms with van der Waals surface area (Å²) in [6.45, 7) is 3.67. The monoisotopic (exact) mass is 637 g/mol. The Labute approximate surface area is 263 Å². The van der Waals surface area contributed by atoms with E-state index >= 15 is 0 Å². The first-order valence-electron chi connectivity index (χ1n) is 14.0. The topological polar surface area (TPSA) is 155 Å². The van der Waals surface area contributed by atoms with Gasteiger partial charge in [-0.2, -0.15) is 0 Å². The Balaban J connectivity index is 0.993. The van der Waals surface area contributed by atoms with E-state index in [1.54, 1.807) is 11.9 Å². The maximum atomic E-state index is 13.4. The van der Waals surface area contributed by atoms with Gasteiger partial charge in [-0.1, -0.05) is 35.9 Å². The van der Waals surface area contributed by atoms with E-state index in [1.165, 1.54) is 4.90 Å². The van der Waals surface area contributed by atoms with E-state index < -0.39 is 5.91 Å². The molecule has 0 bridgehead atoms. The third-order valence-electron chi connectivity index (χ3n) is 7.75. The number of rotatable bonds is 6. The van der Waals surface area contributed by atoms with Gasteiger partial charge in [-0.25, -0.2) is 14.3 Å². The van der Waals surface area contributed by atoms with Crippen LogP contribution in [0.2, 0.25) is 5.15 Å². The molecule has 4 heterocycles. The molecule has 6 rings (SSSR count). The van der Waals surface area contributed by atoms with Gasteiger partial charge < -0.3 is 21.7 Å². The molecule has 1 atom stereocenters. The van der Waals surface area contributed by atoms with E-state index in [9.17, 15) is 9.59 Å². The smallest absolute Gasteiger partial charge is 0.280 e. The Morgan fingerprint density at radius 1 is 1.00 bits per heavy atom. The number of likely N-dealkylation sites (tertiary alicyclic amines) is 1. The number of anilines is 2. The van der Waals surface area contributed by atoms with Crippen LogP contribution in [0.1, 0.15) is 40.1 Å². The van der Waals surface area contributed by atoms with Crippen LogP contribution >= 0.6 is 35.3 Å². The molecule has 1 aromatic heterocycles. The molecule has 3 aromatic rings. The quantitative estimate of drug-likeness (QED) is 0.295. The molecule has 11 nitrogen and oxygen atoms in total. The van der Waals surface area contributed by atoms with Crippen molar-refractivity contribution in [3.63, 3.8) is 0 Å². The molecule has 224 valence electrons. The molecule has 0 radical (unpaired) electrons. The van der Waals surface area contributed by atoms with Crippen LogP contribution in [-0.4, -0.2) is 80.5 Å². The third kappa shape index (κ3) is 6.85. The number of carbonyl (C=O) groups excluding carboxylic acids is 2. The van der Waals surface area contributed by atoms with Gasteiger partial charge in [0.2, 0.25) is 0 Å². The first-order valence-corrected chi connectivity index (χ1v) is 16.1. The average Bonchev–Trinajstić information content (AvgIpc) is 3.61. The van der Waals surface area contributed by atoms with Crippen molar-refractivity contribution in [2.45, 2.75) is 39.8 Å². The first kappa shape index (κ1) is 29.5. The summed E-state index contributed by atoms with van der Waals surface area (Å²) in [7, 11) is 0. The Bertz CT molecular complexity index is 1550. The number of piperidine rings is 1. The lowest BCUT2D eigenvalue weighted by Gasteiger charge is -2.39. The van der Waals surface area contributed by atoms with Crippen molar-refractivity contribution in [2.24, 2.45) is 4.99 Å². The number of nitrogens with two attached hydrogens (primary N) is 2. The number of thioether (sulfide) groups is 1. The van der Waals surface area contributed by atoms with Gasteiger partial charge in [0.15, 0.2) is 28.4 Å². The zero-order valence-corrected chi connectivity index (χ0v) is 25.7. The lowest BCUT2D eigenvalue weighted by molar-refractivity contribution is 0.0668. The zero-order valence-electron chi connectivity index (χ0n) is 23.3. The van der Waals surface area contributed by atoms with Crippen molar-refractivity contribution < 1.29 is 9.59 Å². The van der Waals surface area contributed by atoms with E-state index in [4.69, 9.17) is 23.1 Å². The summed E-state index contributed by atoms with van der Waals surface area (Å²) in [6, 6.07) is 18.4. The maximum Gasteiger partial charge on any atom is 0.280 e. The molecule has 14 heteroatoms. The molecule has 2 saturated heterocycles. The van der Waals surface area contributed by atoms with Crippen molar-refractivity contribution in [2.75, 3.05) is 44.2 Å². The summed E-state index contributed by atoms with van der Waals surface area (Å²) in [4.78, 5) is 42.7. The fourth-order valence-electron chi connectivity index (χ4n) is 5.41. The van der Waals surface area contributed by atoms with Gasteiger partial charge >= 0.3 is 0 Å². The largest absolute Gasteiger partial charge is 0.382 e. The molecule has 3 aliphatic rings. The summed E-state index contributed by atoms with van der Waals surface area (Å²) in [5.74, 6) is -0.391. The molecule has 1 unspecified atom stereocenters. The SMILES string of the molecule is Nc1nc(N)c(C(=O)NC2=NCC3(CCN(C(=O)c4cccc(SN5CCC(Sc6ccccc6)C5)c4)CC3)N2)nc1Cl. The van der Waals surface area contributed by atoms with Crippen molar-refractivity contribution in [1.82, 2.24) is 29.8 Å². The minimum atomic E-state index is -0.583. The van der Waals surface area contributed by atoms with Crippen LogP contribution in [0.25, 0.3) is 0 Å². The van der Waals surface area contributed by atoms with Crippen molar-refractivity contribution in [3.05, 3.63) is 71.0 Å². The van der Waals surface area contributed by atoms with E-state index in [2.05, 4.69) is 60.2 Å². The Hall–Kier alpha value is -3.52. The number of amides is 2. The number of nitrogens with one attached hydrogen (secondary N) is 2. The number of guanidine groups is 1. The minimum absolute atomic E-state index is 0.0259. The Kier molecular flexibility index (Phi) is 8.66. The van der Waals surface area contributed by atoms with Crippen LogP contribution in [0.5, 0.6) is 0 Å². The number of nitrogens with zero attached hydrogens (tertiary/aromatic N) is 5. The fraction of sp³-hybridized carbons (Fsp3) is 0.345. The van der Waals surface area contributed by atoms with Crippen LogP contribution < -0.4 is 22.1 Å². The second-order valence-corrected chi connectivity index (χ2v) is 13.7. The summed E-state index contributed by atoms with van der Waals surface area (Å²) in [6.07, 6.45) is 2.53. The number of carbonyl (C=O) groups is 2. The first-order chi connectivity index (χ1) is 20.8. The Morgan fingerprint density at radius 2 is 1.77 bits per heavy atom. The van der Waals surface area contributed by atoms with Gasteiger partial charge in [0, 0.05) is 46.8 Å².